The largest absolute Gasteiger partial charge is 0.369 e. The Balaban J connectivity index is 2.74. The second-order valence-electron chi connectivity index (χ2n) is 2.22. The van der Waals surface area contributed by atoms with E-state index in [-0.39, 0.29) is 4.90 Å². The van der Waals surface area contributed by atoms with Crippen molar-refractivity contribution in [2.75, 3.05) is 6.54 Å². The Morgan fingerprint density at radius 2 is 2.38 bits per heavy atom. The lowest BCUT2D eigenvalue weighted by Gasteiger charge is -2.00. The van der Waals surface area contributed by atoms with E-state index in [1.165, 1.54) is 6.20 Å². The third-order valence-electron chi connectivity index (χ3n) is 1.22. The molecular weight excluding hydrogens is 196 g/mol. The minimum absolute atomic E-state index is 0.0336. The second-order valence-corrected chi connectivity index (χ2v) is 3.99. The molecule has 1 aromatic rings. The summed E-state index contributed by atoms with van der Waals surface area (Å²) in [4.78, 5) is 10.3. The van der Waals surface area contributed by atoms with E-state index in [2.05, 4.69) is 10.2 Å². The molecule has 1 aromatic heterocycles. The highest BCUT2D eigenvalue weighted by Crippen LogP contribution is 2.02. The molecule has 0 aliphatic rings. The lowest BCUT2D eigenvalue weighted by molar-refractivity contribution is -0.116. The maximum absolute atomic E-state index is 11.2. The normalized spacial score (nSPS) is 11.4. The van der Waals surface area contributed by atoms with Crippen molar-refractivity contribution in [1.29, 1.82) is 0 Å². The highest BCUT2D eigenvalue weighted by Gasteiger charge is 2.14. The summed E-state index contributed by atoms with van der Waals surface area (Å²) in [5.74, 6) is -0.743. The SMILES string of the molecule is NC(=O)CNS(=O)(=O)c1cn[nH]c1. The van der Waals surface area contributed by atoms with Gasteiger partial charge >= 0.3 is 0 Å². The van der Waals surface area contributed by atoms with Gasteiger partial charge in [0.2, 0.25) is 15.9 Å². The van der Waals surface area contributed by atoms with Crippen molar-refractivity contribution in [2.24, 2.45) is 5.73 Å². The van der Waals surface area contributed by atoms with E-state index >= 15 is 0 Å². The third-order valence-corrected chi connectivity index (χ3v) is 2.59. The fourth-order valence-electron chi connectivity index (χ4n) is 0.635. The van der Waals surface area contributed by atoms with Crippen LogP contribution in [-0.4, -0.2) is 31.1 Å². The number of nitrogens with one attached hydrogen (secondary N) is 2. The molecule has 0 fully saturated rings. The first kappa shape index (κ1) is 9.68. The molecule has 0 saturated heterocycles. The Bertz CT molecular complexity index is 382. The zero-order valence-electron chi connectivity index (χ0n) is 6.52. The standard InChI is InChI=1S/C5H8N4O3S/c6-5(10)3-9-13(11,12)4-1-7-8-2-4/h1-2,9H,3H2,(H2,6,10)(H,7,8). The van der Waals surface area contributed by atoms with Crippen molar-refractivity contribution < 1.29 is 13.2 Å². The summed E-state index contributed by atoms with van der Waals surface area (Å²) in [5.41, 5.74) is 4.76. The molecule has 0 aliphatic carbocycles. The van der Waals surface area contributed by atoms with E-state index in [1.54, 1.807) is 0 Å². The smallest absolute Gasteiger partial charge is 0.244 e. The first-order valence-corrected chi connectivity index (χ1v) is 4.77. The van der Waals surface area contributed by atoms with Crippen molar-refractivity contribution in [3.63, 3.8) is 0 Å². The lowest BCUT2D eigenvalue weighted by atomic mass is 10.7. The molecule has 0 unspecified atom stereocenters. The van der Waals surface area contributed by atoms with Gasteiger partial charge in [0.05, 0.1) is 12.7 Å². The molecule has 13 heavy (non-hydrogen) atoms. The van der Waals surface area contributed by atoms with Crippen LogP contribution in [0.15, 0.2) is 17.3 Å². The zero-order valence-corrected chi connectivity index (χ0v) is 7.34. The van der Waals surface area contributed by atoms with Crippen LogP contribution in [0.2, 0.25) is 0 Å². The predicted octanol–water partition coefficient (Wildman–Crippen LogP) is -1.83. The second kappa shape index (κ2) is 3.54. The van der Waals surface area contributed by atoms with Gasteiger partial charge < -0.3 is 5.73 Å². The molecule has 0 atom stereocenters. The molecule has 8 heteroatoms. The van der Waals surface area contributed by atoms with Crippen molar-refractivity contribution in [1.82, 2.24) is 14.9 Å². The zero-order chi connectivity index (χ0) is 9.90. The van der Waals surface area contributed by atoms with Gasteiger partial charge in [0.25, 0.3) is 0 Å². The summed E-state index contributed by atoms with van der Waals surface area (Å²) in [7, 11) is -3.66. The van der Waals surface area contributed by atoms with Gasteiger partial charge in [-0.1, -0.05) is 0 Å². The average molecular weight is 204 g/mol. The topological polar surface area (TPSA) is 118 Å². The minimum Gasteiger partial charge on any atom is -0.369 e. The van der Waals surface area contributed by atoms with Crippen LogP contribution >= 0.6 is 0 Å². The van der Waals surface area contributed by atoms with Gasteiger partial charge in [-0.25, -0.2) is 13.1 Å². The molecule has 0 bridgehead atoms. The van der Waals surface area contributed by atoms with Gasteiger partial charge in [-0.05, 0) is 0 Å². The number of hydrogen-bond acceptors (Lipinski definition) is 4. The van der Waals surface area contributed by atoms with E-state index in [1.807, 2.05) is 4.72 Å². The van der Waals surface area contributed by atoms with Crippen LogP contribution in [-0.2, 0) is 14.8 Å². The first-order chi connectivity index (χ1) is 6.02. The minimum atomic E-state index is -3.66. The van der Waals surface area contributed by atoms with E-state index in [0.29, 0.717) is 0 Å². The van der Waals surface area contributed by atoms with E-state index in [0.717, 1.165) is 6.20 Å². The third kappa shape index (κ3) is 2.53. The van der Waals surface area contributed by atoms with Gasteiger partial charge in [-0.15, -0.1) is 0 Å². The van der Waals surface area contributed by atoms with Crippen molar-refractivity contribution >= 4 is 15.9 Å². The van der Waals surface area contributed by atoms with E-state index in [4.69, 9.17) is 5.73 Å². The van der Waals surface area contributed by atoms with Crippen molar-refractivity contribution in [3.8, 4) is 0 Å². The number of H-pyrrole nitrogens is 1. The number of rotatable bonds is 4. The fourth-order valence-corrected chi connectivity index (χ4v) is 1.53. The number of hydrogen-bond donors (Lipinski definition) is 3. The molecule has 1 rings (SSSR count). The summed E-state index contributed by atoms with van der Waals surface area (Å²) >= 11 is 0. The fraction of sp³-hybridized carbons (Fsp3) is 0.200. The van der Waals surface area contributed by atoms with Gasteiger partial charge in [-0.2, -0.15) is 5.10 Å². The van der Waals surface area contributed by atoms with Crippen LogP contribution in [0.1, 0.15) is 0 Å². The summed E-state index contributed by atoms with van der Waals surface area (Å²) in [5, 5.41) is 5.79. The Morgan fingerprint density at radius 3 is 2.85 bits per heavy atom. The number of carbonyl (C=O) groups is 1. The Labute approximate surface area is 74.4 Å². The quantitative estimate of drug-likeness (QED) is 0.534. The summed E-state index contributed by atoms with van der Waals surface area (Å²) in [6.07, 6.45) is 2.33. The maximum atomic E-state index is 11.2. The van der Waals surface area contributed by atoms with Crippen LogP contribution in [0.4, 0.5) is 0 Å². The number of carbonyl (C=O) groups excluding carboxylic acids is 1. The number of amides is 1. The monoisotopic (exact) mass is 204 g/mol. The highest BCUT2D eigenvalue weighted by atomic mass is 32.2. The number of nitrogens with two attached hydrogens (primary N) is 1. The molecule has 72 valence electrons. The average Bonchev–Trinajstić information content (AvgIpc) is 2.53. The number of sulfonamides is 1. The molecule has 0 radical (unpaired) electrons. The van der Waals surface area contributed by atoms with Crippen molar-refractivity contribution in [2.45, 2.75) is 4.90 Å². The van der Waals surface area contributed by atoms with Crippen molar-refractivity contribution in [3.05, 3.63) is 12.4 Å². The molecule has 4 N–H and O–H groups in total. The first-order valence-electron chi connectivity index (χ1n) is 3.29. The molecule has 1 heterocycles. The van der Waals surface area contributed by atoms with Crippen LogP contribution in [0.25, 0.3) is 0 Å². The van der Waals surface area contributed by atoms with E-state index < -0.39 is 22.5 Å². The maximum Gasteiger partial charge on any atom is 0.244 e. The van der Waals surface area contributed by atoms with Crippen LogP contribution in [0, 0.1) is 0 Å². The molecule has 7 nitrogen and oxygen atoms in total. The van der Waals surface area contributed by atoms with Crippen LogP contribution < -0.4 is 10.5 Å². The summed E-state index contributed by atoms with van der Waals surface area (Å²) < 4.78 is 24.4. The Kier molecular flexibility index (Phi) is 2.63. The Hall–Kier alpha value is -1.41. The van der Waals surface area contributed by atoms with Crippen LogP contribution in [0.3, 0.4) is 0 Å². The predicted molar refractivity (Wildman–Crippen MR) is 43.0 cm³/mol. The Morgan fingerprint density at radius 1 is 1.69 bits per heavy atom. The highest BCUT2D eigenvalue weighted by molar-refractivity contribution is 7.89. The number of aromatic amines is 1. The summed E-state index contributed by atoms with van der Waals surface area (Å²) in [6.45, 7) is -0.423. The van der Waals surface area contributed by atoms with Crippen LogP contribution in [0.5, 0.6) is 0 Å². The van der Waals surface area contributed by atoms with Gasteiger partial charge in [-0.3, -0.25) is 9.89 Å². The molecule has 0 spiro atoms. The summed E-state index contributed by atoms with van der Waals surface area (Å²) in [6, 6.07) is 0. The molecular formula is C5H8N4O3S. The van der Waals surface area contributed by atoms with Gasteiger partial charge in [0.15, 0.2) is 0 Å². The number of nitrogens with zero attached hydrogens (tertiary/aromatic N) is 1. The molecule has 1 amide bonds. The number of primary amides is 1. The van der Waals surface area contributed by atoms with Gasteiger partial charge in [0, 0.05) is 6.20 Å². The molecule has 0 aromatic carbocycles. The molecule has 0 aliphatic heterocycles. The number of aromatic nitrogens is 2. The lowest BCUT2D eigenvalue weighted by Crippen LogP contribution is -2.33. The van der Waals surface area contributed by atoms with E-state index in [9.17, 15) is 13.2 Å². The molecule has 0 saturated carbocycles. The van der Waals surface area contributed by atoms with Gasteiger partial charge in [0.1, 0.15) is 4.90 Å².